The van der Waals surface area contributed by atoms with Gasteiger partial charge in [0.25, 0.3) is 5.92 Å². The standard InChI is InChI=1S/C14H25F2N3O2.2ClH/c1-10(2)7-19-3-4-21-11(8-19)6-17-13(20)12-5-14(15,16)9-18-12;;/h10-12,18H,3-9H2,1-2H3,(H,17,20);2*1H. The average Bonchev–Trinajstić information content (AvgIpc) is 2.76. The van der Waals surface area contributed by atoms with Crippen molar-refractivity contribution < 1.29 is 18.3 Å². The molecule has 2 aliphatic rings. The molecule has 2 atom stereocenters. The Hall–Kier alpha value is -0.210. The van der Waals surface area contributed by atoms with Crippen molar-refractivity contribution in [1.82, 2.24) is 15.5 Å². The first-order chi connectivity index (χ1) is 9.85. The Labute approximate surface area is 148 Å². The van der Waals surface area contributed by atoms with E-state index < -0.39 is 24.9 Å². The molecule has 2 heterocycles. The summed E-state index contributed by atoms with van der Waals surface area (Å²) in [4.78, 5) is 14.2. The molecule has 2 aliphatic heterocycles. The van der Waals surface area contributed by atoms with Crippen LogP contribution in [0.1, 0.15) is 20.3 Å². The fourth-order valence-corrected chi connectivity index (χ4v) is 2.82. The second-order valence-electron chi connectivity index (χ2n) is 6.38. The average molecular weight is 378 g/mol. The van der Waals surface area contributed by atoms with E-state index in [0.717, 1.165) is 19.6 Å². The van der Waals surface area contributed by atoms with Crippen LogP contribution in [0.5, 0.6) is 0 Å². The van der Waals surface area contributed by atoms with Gasteiger partial charge in [0.05, 0.1) is 25.3 Å². The molecule has 5 nitrogen and oxygen atoms in total. The van der Waals surface area contributed by atoms with Crippen LogP contribution in [0, 0.1) is 5.92 Å². The Morgan fingerprint density at radius 3 is 2.70 bits per heavy atom. The Balaban J connectivity index is 0.00000242. The molecule has 138 valence electrons. The van der Waals surface area contributed by atoms with Gasteiger partial charge in [0, 0.05) is 32.6 Å². The van der Waals surface area contributed by atoms with E-state index >= 15 is 0 Å². The van der Waals surface area contributed by atoms with Crippen molar-refractivity contribution in [3.63, 3.8) is 0 Å². The second kappa shape index (κ2) is 9.93. The molecule has 0 saturated carbocycles. The largest absolute Gasteiger partial charge is 0.374 e. The summed E-state index contributed by atoms with van der Waals surface area (Å²) in [6, 6.07) is -0.796. The van der Waals surface area contributed by atoms with Gasteiger partial charge in [-0.1, -0.05) is 13.8 Å². The number of carbonyl (C=O) groups excluding carboxylic acids is 1. The predicted octanol–water partition coefficient (Wildman–Crippen LogP) is 1.30. The van der Waals surface area contributed by atoms with Gasteiger partial charge < -0.3 is 10.1 Å². The SMILES string of the molecule is CC(C)CN1CCOC(CNC(=O)C2CC(F)(F)CN2)C1.Cl.Cl. The van der Waals surface area contributed by atoms with Gasteiger partial charge in [-0.2, -0.15) is 0 Å². The zero-order valence-electron chi connectivity index (χ0n) is 13.5. The molecule has 0 aromatic rings. The third-order valence-corrected chi connectivity index (χ3v) is 3.78. The quantitative estimate of drug-likeness (QED) is 0.758. The van der Waals surface area contributed by atoms with Crippen molar-refractivity contribution in [2.75, 3.05) is 39.3 Å². The molecule has 0 aromatic carbocycles. The third kappa shape index (κ3) is 7.47. The molecule has 0 bridgehead atoms. The molecular formula is C14H27Cl2F2N3O2. The van der Waals surface area contributed by atoms with Crippen molar-refractivity contribution in [1.29, 1.82) is 0 Å². The molecule has 9 heteroatoms. The Bertz CT molecular complexity index is 376. The lowest BCUT2D eigenvalue weighted by atomic mass is 10.1. The lowest BCUT2D eigenvalue weighted by Gasteiger charge is -2.34. The number of halogens is 4. The zero-order chi connectivity index (χ0) is 15.5. The normalized spacial score (nSPS) is 27.2. The predicted molar refractivity (Wildman–Crippen MR) is 89.9 cm³/mol. The smallest absolute Gasteiger partial charge is 0.262 e. The molecule has 23 heavy (non-hydrogen) atoms. The summed E-state index contributed by atoms with van der Waals surface area (Å²) in [5.74, 6) is -2.56. The molecule has 0 aromatic heterocycles. The zero-order valence-corrected chi connectivity index (χ0v) is 15.2. The highest BCUT2D eigenvalue weighted by atomic mass is 35.5. The highest BCUT2D eigenvalue weighted by Gasteiger charge is 2.42. The summed E-state index contributed by atoms with van der Waals surface area (Å²) in [6.45, 7) is 7.60. The van der Waals surface area contributed by atoms with Crippen LogP contribution in [0.15, 0.2) is 0 Å². The molecule has 2 unspecified atom stereocenters. The van der Waals surface area contributed by atoms with Crippen molar-refractivity contribution in [3.8, 4) is 0 Å². The minimum atomic E-state index is -2.78. The number of carbonyl (C=O) groups is 1. The summed E-state index contributed by atoms with van der Waals surface area (Å²) in [5.41, 5.74) is 0. The van der Waals surface area contributed by atoms with Crippen LogP contribution in [0.4, 0.5) is 8.78 Å². The number of nitrogens with one attached hydrogen (secondary N) is 2. The summed E-state index contributed by atoms with van der Waals surface area (Å²) < 4.78 is 31.7. The first-order valence-electron chi connectivity index (χ1n) is 7.58. The number of rotatable bonds is 5. The van der Waals surface area contributed by atoms with Crippen LogP contribution in [0.2, 0.25) is 0 Å². The van der Waals surface area contributed by atoms with E-state index in [0.29, 0.717) is 19.1 Å². The monoisotopic (exact) mass is 377 g/mol. The topological polar surface area (TPSA) is 53.6 Å². The number of alkyl halides is 2. The van der Waals surface area contributed by atoms with Crippen LogP contribution in [-0.2, 0) is 9.53 Å². The number of ether oxygens (including phenoxy) is 1. The third-order valence-electron chi connectivity index (χ3n) is 3.78. The molecule has 2 N–H and O–H groups in total. The second-order valence-corrected chi connectivity index (χ2v) is 6.38. The number of hydrogen-bond acceptors (Lipinski definition) is 4. The maximum Gasteiger partial charge on any atom is 0.262 e. The highest BCUT2D eigenvalue weighted by Crippen LogP contribution is 2.25. The van der Waals surface area contributed by atoms with E-state index in [4.69, 9.17) is 4.74 Å². The minimum Gasteiger partial charge on any atom is -0.374 e. The van der Waals surface area contributed by atoms with E-state index in [1.165, 1.54) is 0 Å². The van der Waals surface area contributed by atoms with Gasteiger partial charge in [0.2, 0.25) is 5.91 Å². The van der Waals surface area contributed by atoms with E-state index in [1.54, 1.807) is 0 Å². The lowest BCUT2D eigenvalue weighted by molar-refractivity contribution is -0.124. The molecule has 2 rings (SSSR count). The molecular weight excluding hydrogens is 351 g/mol. The molecule has 0 aliphatic carbocycles. The minimum absolute atomic E-state index is 0. The van der Waals surface area contributed by atoms with Crippen LogP contribution in [0.3, 0.4) is 0 Å². The van der Waals surface area contributed by atoms with Gasteiger partial charge >= 0.3 is 0 Å². The van der Waals surface area contributed by atoms with Gasteiger partial charge in [0.15, 0.2) is 0 Å². The number of hydrogen-bond donors (Lipinski definition) is 2. The molecule has 2 fully saturated rings. The van der Waals surface area contributed by atoms with Gasteiger partial charge in [-0.15, -0.1) is 24.8 Å². The van der Waals surface area contributed by atoms with Gasteiger partial charge in [-0.05, 0) is 5.92 Å². The van der Waals surface area contributed by atoms with E-state index in [9.17, 15) is 13.6 Å². The molecule has 2 saturated heterocycles. The summed E-state index contributed by atoms with van der Waals surface area (Å²) in [7, 11) is 0. The first-order valence-corrected chi connectivity index (χ1v) is 7.58. The van der Waals surface area contributed by atoms with Crippen molar-refractivity contribution >= 4 is 30.7 Å². The van der Waals surface area contributed by atoms with Crippen LogP contribution >= 0.6 is 24.8 Å². The van der Waals surface area contributed by atoms with Crippen LogP contribution in [-0.4, -0.2) is 68.2 Å². The van der Waals surface area contributed by atoms with Gasteiger partial charge in [-0.3, -0.25) is 15.0 Å². The fraction of sp³-hybridized carbons (Fsp3) is 0.929. The van der Waals surface area contributed by atoms with Crippen LogP contribution < -0.4 is 10.6 Å². The molecule has 0 radical (unpaired) electrons. The lowest BCUT2D eigenvalue weighted by Crippen LogP contribution is -2.50. The summed E-state index contributed by atoms with van der Waals surface area (Å²) in [5, 5.41) is 5.28. The maximum atomic E-state index is 13.0. The number of morpholine rings is 1. The number of nitrogens with zero attached hydrogens (tertiary/aromatic N) is 1. The highest BCUT2D eigenvalue weighted by molar-refractivity contribution is 5.85. The van der Waals surface area contributed by atoms with E-state index in [1.807, 2.05) is 0 Å². The molecule has 1 amide bonds. The van der Waals surface area contributed by atoms with Gasteiger partial charge in [0.1, 0.15) is 0 Å². The maximum absolute atomic E-state index is 13.0. The Kier molecular flexibility index (Phi) is 9.84. The van der Waals surface area contributed by atoms with E-state index in [2.05, 4.69) is 29.4 Å². The fourth-order valence-electron chi connectivity index (χ4n) is 2.82. The summed E-state index contributed by atoms with van der Waals surface area (Å²) >= 11 is 0. The number of amides is 1. The summed E-state index contributed by atoms with van der Waals surface area (Å²) in [6.07, 6.45) is -0.493. The molecule has 0 spiro atoms. The Morgan fingerprint density at radius 2 is 2.13 bits per heavy atom. The van der Waals surface area contributed by atoms with Crippen LogP contribution in [0.25, 0.3) is 0 Å². The Morgan fingerprint density at radius 1 is 1.43 bits per heavy atom. The van der Waals surface area contributed by atoms with Gasteiger partial charge in [-0.25, -0.2) is 8.78 Å². The van der Waals surface area contributed by atoms with Crippen molar-refractivity contribution in [2.24, 2.45) is 5.92 Å². The van der Waals surface area contributed by atoms with Crippen molar-refractivity contribution in [3.05, 3.63) is 0 Å². The first kappa shape index (κ1) is 22.8. The van der Waals surface area contributed by atoms with Crippen molar-refractivity contribution in [2.45, 2.75) is 38.3 Å². The van der Waals surface area contributed by atoms with E-state index in [-0.39, 0.29) is 36.8 Å².